The highest BCUT2D eigenvalue weighted by molar-refractivity contribution is 8.19. The number of rotatable bonds is 5. The molecule has 6 heteroatoms. The van der Waals surface area contributed by atoms with Crippen molar-refractivity contribution in [3.8, 4) is 0 Å². The molecule has 1 heterocycles. The highest BCUT2D eigenvalue weighted by Crippen LogP contribution is 2.45. The summed E-state index contributed by atoms with van der Waals surface area (Å²) >= 11 is 3.87. The SMILES string of the molecule is C[C@H](OC(=O)c1ccc(C2SCCS2)cc1)C(=O)NC1CCCCCC1. The predicted molar refractivity (Wildman–Crippen MR) is 109 cm³/mol. The number of benzene rings is 1. The maximum absolute atomic E-state index is 12.3. The van der Waals surface area contributed by atoms with Crippen LogP contribution in [0.15, 0.2) is 24.3 Å². The smallest absolute Gasteiger partial charge is 0.338 e. The molecule has 3 rings (SSSR count). The van der Waals surface area contributed by atoms with Gasteiger partial charge in [0.05, 0.1) is 10.1 Å². The number of hydrogen-bond donors (Lipinski definition) is 1. The fourth-order valence-electron chi connectivity index (χ4n) is 3.35. The second kappa shape index (κ2) is 9.70. The molecule has 142 valence electrons. The third-order valence-electron chi connectivity index (χ3n) is 4.89. The Balaban J connectivity index is 1.50. The Morgan fingerprint density at radius 1 is 1.04 bits per heavy atom. The molecule has 1 aliphatic carbocycles. The van der Waals surface area contributed by atoms with Crippen LogP contribution in [0.25, 0.3) is 0 Å². The van der Waals surface area contributed by atoms with Crippen molar-refractivity contribution < 1.29 is 14.3 Å². The largest absolute Gasteiger partial charge is 0.449 e. The Morgan fingerprint density at radius 2 is 1.65 bits per heavy atom. The molecule has 2 aliphatic rings. The number of nitrogens with one attached hydrogen (secondary N) is 1. The summed E-state index contributed by atoms with van der Waals surface area (Å²) in [6, 6.07) is 7.79. The fourth-order valence-corrected chi connectivity index (χ4v) is 6.21. The first-order valence-electron chi connectivity index (χ1n) is 9.48. The number of carbonyl (C=O) groups is 2. The summed E-state index contributed by atoms with van der Waals surface area (Å²) in [5, 5.41) is 3.04. The Kier molecular flexibility index (Phi) is 7.32. The summed E-state index contributed by atoms with van der Waals surface area (Å²) in [6.45, 7) is 1.64. The Labute approximate surface area is 164 Å². The number of amides is 1. The van der Waals surface area contributed by atoms with E-state index in [1.165, 1.54) is 29.9 Å². The molecule has 1 aromatic carbocycles. The molecule has 1 saturated heterocycles. The van der Waals surface area contributed by atoms with E-state index in [0.717, 1.165) is 25.7 Å². The summed E-state index contributed by atoms with van der Waals surface area (Å²) in [5.74, 6) is 1.71. The zero-order valence-corrected chi connectivity index (χ0v) is 16.9. The molecule has 4 nitrogen and oxygen atoms in total. The summed E-state index contributed by atoms with van der Waals surface area (Å²) in [7, 11) is 0. The van der Waals surface area contributed by atoms with Gasteiger partial charge in [0, 0.05) is 17.5 Å². The van der Waals surface area contributed by atoms with Gasteiger partial charge in [-0.05, 0) is 37.5 Å². The number of hydrogen-bond acceptors (Lipinski definition) is 5. The van der Waals surface area contributed by atoms with Crippen molar-refractivity contribution in [2.45, 2.75) is 62.2 Å². The van der Waals surface area contributed by atoms with Crippen molar-refractivity contribution in [1.82, 2.24) is 5.32 Å². The lowest BCUT2D eigenvalue weighted by atomic mass is 10.1. The number of carbonyl (C=O) groups excluding carboxylic acids is 2. The standard InChI is InChI=1S/C20H27NO3S2/c1-14(18(22)21-17-6-4-2-3-5-7-17)24-19(23)15-8-10-16(11-9-15)20-25-12-13-26-20/h8-11,14,17,20H,2-7,12-13H2,1H3,(H,21,22)/t14-/m0/s1. The molecule has 1 aromatic rings. The van der Waals surface area contributed by atoms with Crippen LogP contribution >= 0.6 is 23.5 Å². The minimum absolute atomic E-state index is 0.194. The molecule has 26 heavy (non-hydrogen) atoms. The van der Waals surface area contributed by atoms with Gasteiger partial charge in [-0.1, -0.05) is 37.8 Å². The van der Waals surface area contributed by atoms with Crippen molar-refractivity contribution >= 4 is 35.4 Å². The summed E-state index contributed by atoms with van der Waals surface area (Å²) in [6.07, 6.45) is 6.06. The van der Waals surface area contributed by atoms with Crippen molar-refractivity contribution in [3.63, 3.8) is 0 Å². The molecule has 2 fully saturated rings. The maximum Gasteiger partial charge on any atom is 0.338 e. The van der Waals surface area contributed by atoms with Crippen LogP contribution in [-0.2, 0) is 9.53 Å². The van der Waals surface area contributed by atoms with Crippen LogP contribution in [0, 0.1) is 0 Å². The monoisotopic (exact) mass is 393 g/mol. The van der Waals surface area contributed by atoms with Crippen LogP contribution in [-0.4, -0.2) is 35.5 Å². The van der Waals surface area contributed by atoms with Gasteiger partial charge in [0.15, 0.2) is 6.10 Å². The van der Waals surface area contributed by atoms with Gasteiger partial charge >= 0.3 is 5.97 Å². The normalized spacial score (nSPS) is 20.3. The Bertz CT molecular complexity index is 606. The summed E-state index contributed by atoms with van der Waals surface area (Å²) < 4.78 is 5.84. The Morgan fingerprint density at radius 3 is 2.27 bits per heavy atom. The Hall–Kier alpha value is -1.14. The van der Waals surface area contributed by atoms with E-state index in [4.69, 9.17) is 4.74 Å². The van der Waals surface area contributed by atoms with Gasteiger partial charge < -0.3 is 10.1 Å². The molecular weight excluding hydrogens is 366 g/mol. The molecule has 1 aliphatic heterocycles. The molecule has 0 radical (unpaired) electrons. The highest BCUT2D eigenvalue weighted by Gasteiger charge is 2.23. The maximum atomic E-state index is 12.3. The van der Waals surface area contributed by atoms with Crippen LogP contribution in [0.2, 0.25) is 0 Å². The van der Waals surface area contributed by atoms with Crippen molar-refractivity contribution in [2.24, 2.45) is 0 Å². The molecule has 0 spiro atoms. The van der Waals surface area contributed by atoms with E-state index in [-0.39, 0.29) is 11.9 Å². The van der Waals surface area contributed by atoms with E-state index >= 15 is 0 Å². The molecule has 0 aromatic heterocycles. The minimum atomic E-state index is -0.772. The van der Waals surface area contributed by atoms with Crippen molar-refractivity contribution in [3.05, 3.63) is 35.4 Å². The zero-order valence-electron chi connectivity index (χ0n) is 15.2. The topological polar surface area (TPSA) is 55.4 Å². The van der Waals surface area contributed by atoms with E-state index in [1.54, 1.807) is 19.1 Å². The summed E-state index contributed by atoms with van der Waals surface area (Å²) in [5.41, 5.74) is 1.73. The first-order valence-corrected chi connectivity index (χ1v) is 11.6. The van der Waals surface area contributed by atoms with Gasteiger partial charge in [-0.25, -0.2) is 4.79 Å². The fraction of sp³-hybridized carbons (Fsp3) is 0.600. The van der Waals surface area contributed by atoms with Gasteiger partial charge in [0.25, 0.3) is 5.91 Å². The van der Waals surface area contributed by atoms with Gasteiger partial charge in [-0.2, -0.15) is 0 Å². The highest BCUT2D eigenvalue weighted by atomic mass is 32.2. The third kappa shape index (κ3) is 5.43. The molecule has 1 N–H and O–H groups in total. The molecule has 0 bridgehead atoms. The zero-order chi connectivity index (χ0) is 18.4. The van der Waals surface area contributed by atoms with E-state index in [1.807, 2.05) is 35.7 Å². The van der Waals surface area contributed by atoms with Crippen molar-refractivity contribution in [2.75, 3.05) is 11.5 Å². The van der Waals surface area contributed by atoms with Crippen LogP contribution < -0.4 is 5.32 Å². The number of thioether (sulfide) groups is 2. The number of ether oxygens (including phenoxy) is 1. The molecule has 0 unspecified atom stereocenters. The minimum Gasteiger partial charge on any atom is -0.449 e. The van der Waals surface area contributed by atoms with Gasteiger partial charge in [0.1, 0.15) is 0 Å². The lowest BCUT2D eigenvalue weighted by Gasteiger charge is -2.19. The lowest BCUT2D eigenvalue weighted by molar-refractivity contribution is -0.129. The van der Waals surface area contributed by atoms with Crippen LogP contribution in [0.3, 0.4) is 0 Å². The second-order valence-corrected chi connectivity index (χ2v) is 9.66. The first-order chi connectivity index (χ1) is 12.6. The molecule has 1 atom stereocenters. The predicted octanol–water partition coefficient (Wildman–Crippen LogP) is 4.55. The van der Waals surface area contributed by atoms with E-state index in [2.05, 4.69) is 5.32 Å². The lowest BCUT2D eigenvalue weighted by Crippen LogP contribution is -2.41. The van der Waals surface area contributed by atoms with E-state index in [0.29, 0.717) is 10.1 Å². The number of esters is 1. The van der Waals surface area contributed by atoms with Gasteiger partial charge in [-0.15, -0.1) is 23.5 Å². The first kappa shape index (κ1) is 19.6. The third-order valence-corrected chi connectivity index (χ3v) is 8.00. The summed E-state index contributed by atoms with van der Waals surface area (Å²) in [4.78, 5) is 24.7. The molecular formula is C20H27NO3S2. The van der Waals surface area contributed by atoms with Gasteiger partial charge in [0.2, 0.25) is 0 Å². The van der Waals surface area contributed by atoms with E-state index < -0.39 is 12.1 Å². The van der Waals surface area contributed by atoms with Crippen LogP contribution in [0.4, 0.5) is 0 Å². The van der Waals surface area contributed by atoms with Crippen LogP contribution in [0.1, 0.15) is 66.0 Å². The quantitative estimate of drug-likeness (QED) is 0.587. The molecule has 1 amide bonds. The second-order valence-electron chi connectivity index (χ2n) is 6.94. The molecule has 1 saturated carbocycles. The van der Waals surface area contributed by atoms with Crippen LogP contribution in [0.5, 0.6) is 0 Å². The average Bonchev–Trinajstić information content (AvgIpc) is 3.07. The van der Waals surface area contributed by atoms with E-state index in [9.17, 15) is 9.59 Å². The average molecular weight is 394 g/mol. The van der Waals surface area contributed by atoms with Crippen molar-refractivity contribution in [1.29, 1.82) is 0 Å². The van der Waals surface area contributed by atoms with Gasteiger partial charge in [-0.3, -0.25) is 4.79 Å².